The van der Waals surface area contributed by atoms with E-state index < -0.39 is 0 Å². The van der Waals surface area contributed by atoms with Crippen LogP contribution in [0.2, 0.25) is 0 Å². The summed E-state index contributed by atoms with van der Waals surface area (Å²) in [5, 5.41) is 3.22. The topological polar surface area (TPSA) is 12.0 Å². The van der Waals surface area contributed by atoms with Crippen LogP contribution in [-0.2, 0) is 0 Å². The fourth-order valence-electron chi connectivity index (χ4n) is 0.919. The van der Waals surface area contributed by atoms with Crippen LogP contribution < -0.4 is 5.32 Å². The van der Waals surface area contributed by atoms with Gasteiger partial charge in [0, 0.05) is 6.04 Å². The van der Waals surface area contributed by atoms with Crippen LogP contribution in [0.5, 0.6) is 0 Å². The van der Waals surface area contributed by atoms with Gasteiger partial charge in [-0.15, -0.1) is 0 Å². The summed E-state index contributed by atoms with van der Waals surface area (Å²) in [5.41, 5.74) is 0. The van der Waals surface area contributed by atoms with Crippen molar-refractivity contribution < 1.29 is 0 Å². The summed E-state index contributed by atoms with van der Waals surface area (Å²) in [6.07, 6.45) is 5.64. The quantitative estimate of drug-likeness (QED) is 0.445. The zero-order valence-electron chi connectivity index (χ0n) is 3.44. The monoisotopic (exact) mass is 80.1 g/mol. The second-order valence-corrected chi connectivity index (χ2v) is 1.84. The lowest BCUT2D eigenvalue weighted by Gasteiger charge is -2.23. The van der Waals surface area contributed by atoms with E-state index in [4.69, 9.17) is 0 Å². The third kappa shape index (κ3) is 0.167. The van der Waals surface area contributed by atoms with Crippen LogP contribution in [0.1, 0.15) is 6.42 Å². The van der Waals surface area contributed by atoms with Gasteiger partial charge in [0.2, 0.25) is 0 Å². The van der Waals surface area contributed by atoms with Gasteiger partial charge in [-0.3, -0.25) is 5.32 Å². The summed E-state index contributed by atoms with van der Waals surface area (Å²) in [5.74, 6) is 0. The predicted octanol–water partition coefficient (Wildman–Crippen LogP) is 0.450. The maximum Gasteiger partial charge on any atom is 0.0609 e. The third-order valence-electron chi connectivity index (χ3n) is 1.34. The average molecular weight is 80.1 g/mol. The lowest BCUT2D eigenvalue weighted by molar-refractivity contribution is 0.498. The molecule has 1 aliphatic carbocycles. The zero-order chi connectivity index (χ0) is 3.98. The molecule has 0 aromatic rings. The molecule has 6 heavy (non-hydrogen) atoms. The van der Waals surface area contributed by atoms with E-state index in [0.717, 1.165) is 6.04 Å². The number of hydrogen-bond acceptors (Lipinski definition) is 1. The summed E-state index contributed by atoms with van der Waals surface area (Å²) >= 11 is 0. The van der Waals surface area contributed by atoms with Gasteiger partial charge in [-0.2, -0.15) is 0 Å². The highest BCUT2D eigenvalue weighted by Crippen LogP contribution is 2.27. The first kappa shape index (κ1) is 2.80. The van der Waals surface area contributed by atoms with Crippen LogP contribution in [0, 0.1) is 6.04 Å². The van der Waals surface area contributed by atoms with Crippen molar-refractivity contribution in [3.8, 4) is 0 Å². The Morgan fingerprint density at radius 1 is 1.83 bits per heavy atom. The normalized spacial score (nSPS) is 40.3. The largest absolute Gasteiger partial charge is 0.300 e. The second-order valence-electron chi connectivity index (χ2n) is 1.84. The molecule has 1 N–H and O–H groups in total. The first-order chi connectivity index (χ1) is 2.95. The first-order valence-electron chi connectivity index (χ1n) is 2.26. The van der Waals surface area contributed by atoms with Gasteiger partial charge in [0.15, 0.2) is 0 Å². The van der Waals surface area contributed by atoms with Crippen LogP contribution in [-0.4, -0.2) is 6.04 Å². The van der Waals surface area contributed by atoms with Crippen molar-refractivity contribution in [1.29, 1.82) is 0 Å². The van der Waals surface area contributed by atoms with E-state index in [0.29, 0.717) is 0 Å². The van der Waals surface area contributed by atoms with Gasteiger partial charge < -0.3 is 0 Å². The van der Waals surface area contributed by atoms with Crippen molar-refractivity contribution in [2.75, 3.05) is 0 Å². The van der Waals surface area contributed by atoms with Crippen LogP contribution in [0.25, 0.3) is 0 Å². The molecule has 1 nitrogen and oxygen atoms in total. The van der Waals surface area contributed by atoms with Crippen molar-refractivity contribution >= 4 is 0 Å². The number of nitrogens with one attached hydrogen (secondary N) is 1. The van der Waals surface area contributed by atoms with Crippen molar-refractivity contribution in [2.45, 2.75) is 12.5 Å². The smallest absolute Gasteiger partial charge is 0.0609 e. The van der Waals surface area contributed by atoms with E-state index in [9.17, 15) is 0 Å². The van der Waals surface area contributed by atoms with Crippen molar-refractivity contribution in [3.63, 3.8) is 0 Å². The highest BCUT2D eigenvalue weighted by molar-refractivity contribution is 5.30. The SMILES string of the molecule is C1=CC2C[C]1N2. The Morgan fingerprint density at radius 2 is 2.67 bits per heavy atom. The average Bonchev–Trinajstić information content (AvgIpc) is 1.72. The Morgan fingerprint density at radius 3 is 2.83 bits per heavy atom. The van der Waals surface area contributed by atoms with E-state index in [1.807, 2.05) is 0 Å². The molecule has 3 rings (SSSR count). The summed E-state index contributed by atoms with van der Waals surface area (Å²) < 4.78 is 0. The summed E-state index contributed by atoms with van der Waals surface area (Å²) in [7, 11) is 0. The molecule has 1 fully saturated rings. The van der Waals surface area contributed by atoms with E-state index in [-0.39, 0.29) is 0 Å². The Labute approximate surface area is 37.0 Å². The van der Waals surface area contributed by atoms with Crippen LogP contribution in [0.4, 0.5) is 0 Å². The summed E-state index contributed by atoms with van der Waals surface area (Å²) in [4.78, 5) is 0. The minimum Gasteiger partial charge on any atom is -0.300 e. The highest BCUT2D eigenvalue weighted by Gasteiger charge is 2.29. The molecule has 0 amide bonds. The molecule has 2 heterocycles. The molecule has 2 aliphatic heterocycles. The summed E-state index contributed by atoms with van der Waals surface area (Å²) in [6.45, 7) is 0. The minimum absolute atomic E-state index is 0.722. The highest BCUT2D eigenvalue weighted by atomic mass is 15.0. The molecular weight excluding hydrogens is 74.1 g/mol. The third-order valence-corrected chi connectivity index (χ3v) is 1.34. The molecule has 1 heteroatoms. The standard InChI is InChI=1S/C5H6N/c1-2-5-3-4(1)6-5/h1-2,4,6H,3H2. The molecule has 1 unspecified atom stereocenters. The maximum absolute atomic E-state index is 3.22. The van der Waals surface area contributed by atoms with Gasteiger partial charge in [-0.25, -0.2) is 0 Å². The van der Waals surface area contributed by atoms with Crippen LogP contribution >= 0.6 is 0 Å². The lowest BCUT2D eigenvalue weighted by atomic mass is 10.1. The molecule has 1 radical (unpaired) electrons. The van der Waals surface area contributed by atoms with E-state index in [2.05, 4.69) is 17.5 Å². The Balaban J connectivity index is 2.32. The van der Waals surface area contributed by atoms with Crippen molar-refractivity contribution in [3.05, 3.63) is 18.2 Å². The van der Waals surface area contributed by atoms with E-state index in [1.165, 1.54) is 12.5 Å². The van der Waals surface area contributed by atoms with Crippen molar-refractivity contribution in [2.24, 2.45) is 0 Å². The molecule has 0 spiro atoms. The fraction of sp³-hybridized carbons (Fsp3) is 0.400. The van der Waals surface area contributed by atoms with Gasteiger partial charge in [0.05, 0.1) is 6.04 Å². The van der Waals surface area contributed by atoms with E-state index in [1.54, 1.807) is 0 Å². The van der Waals surface area contributed by atoms with Crippen molar-refractivity contribution in [1.82, 2.24) is 5.32 Å². The van der Waals surface area contributed by atoms with Crippen LogP contribution in [0.3, 0.4) is 0 Å². The Bertz CT molecular complexity index is 80.1. The van der Waals surface area contributed by atoms with E-state index >= 15 is 0 Å². The molecule has 0 aromatic heterocycles. The van der Waals surface area contributed by atoms with Gasteiger partial charge in [0.25, 0.3) is 0 Å². The molecule has 1 atom stereocenters. The molecule has 0 saturated carbocycles. The minimum atomic E-state index is 0.722. The lowest BCUT2D eigenvalue weighted by Crippen LogP contribution is -2.37. The van der Waals surface area contributed by atoms with Gasteiger partial charge in [-0.1, -0.05) is 12.2 Å². The predicted molar refractivity (Wildman–Crippen MR) is 23.9 cm³/mol. The van der Waals surface area contributed by atoms with Gasteiger partial charge in [-0.05, 0) is 6.42 Å². The second kappa shape index (κ2) is 0.684. The zero-order valence-corrected chi connectivity index (χ0v) is 3.44. The summed E-state index contributed by atoms with van der Waals surface area (Å²) in [6, 6.07) is 2.14. The Hall–Kier alpha value is -0.300. The van der Waals surface area contributed by atoms with Gasteiger partial charge in [0.1, 0.15) is 0 Å². The molecule has 31 valence electrons. The molecule has 1 saturated heterocycles. The molecule has 0 aromatic carbocycles. The fourth-order valence-corrected chi connectivity index (χ4v) is 0.919. The Kier molecular flexibility index (Phi) is 0.320. The van der Waals surface area contributed by atoms with Gasteiger partial charge >= 0.3 is 0 Å². The molecular formula is C5H6N. The number of rotatable bonds is 0. The number of hydrogen-bond donors (Lipinski definition) is 1. The molecule has 2 bridgehead atoms. The van der Waals surface area contributed by atoms with Crippen LogP contribution in [0.15, 0.2) is 12.2 Å². The maximum atomic E-state index is 3.22. The molecule has 3 aliphatic rings. The first-order valence-corrected chi connectivity index (χ1v) is 2.26.